The summed E-state index contributed by atoms with van der Waals surface area (Å²) in [4.78, 5) is 0. The van der Waals surface area contributed by atoms with E-state index in [1.165, 1.54) is 5.75 Å². The summed E-state index contributed by atoms with van der Waals surface area (Å²) in [6, 6.07) is 6.16. The zero-order valence-corrected chi connectivity index (χ0v) is 13.3. The maximum absolute atomic E-state index is 5.42. The lowest BCUT2D eigenvalue weighted by Gasteiger charge is -2.20. The third-order valence-corrected chi connectivity index (χ3v) is 4.03. The van der Waals surface area contributed by atoms with Crippen LogP contribution in [-0.2, 0) is 0 Å². The Bertz CT molecular complexity index is 384. The first-order chi connectivity index (χ1) is 9.12. The van der Waals surface area contributed by atoms with Gasteiger partial charge in [0, 0.05) is 11.6 Å². The van der Waals surface area contributed by atoms with Crippen LogP contribution in [0.4, 0.5) is 0 Å². The van der Waals surface area contributed by atoms with Crippen LogP contribution < -0.4 is 14.8 Å². The molecule has 0 aliphatic carbocycles. The molecule has 0 fully saturated rings. The smallest absolute Gasteiger partial charge is 0.123 e. The first-order valence-electron chi connectivity index (χ1n) is 6.56. The van der Waals surface area contributed by atoms with Crippen LogP contribution in [0.2, 0.25) is 0 Å². The Morgan fingerprint density at radius 3 is 2.53 bits per heavy atom. The number of thioether (sulfide) groups is 1. The molecule has 0 bridgehead atoms. The summed E-state index contributed by atoms with van der Waals surface area (Å²) in [5.41, 5.74) is 1.14. The molecule has 1 aromatic carbocycles. The average Bonchev–Trinajstić information content (AvgIpc) is 2.44. The predicted octanol–water partition coefficient (Wildman–Crippen LogP) is 3.35. The summed E-state index contributed by atoms with van der Waals surface area (Å²) in [7, 11) is 3.39. The van der Waals surface area contributed by atoms with Crippen LogP contribution in [0.1, 0.15) is 25.5 Å². The average molecular weight is 283 g/mol. The van der Waals surface area contributed by atoms with E-state index >= 15 is 0 Å². The summed E-state index contributed by atoms with van der Waals surface area (Å²) in [6.07, 6.45) is 2.14. The summed E-state index contributed by atoms with van der Waals surface area (Å²) in [5, 5.41) is 3.56. The monoisotopic (exact) mass is 283 g/mol. The molecule has 0 spiro atoms. The van der Waals surface area contributed by atoms with Crippen LogP contribution in [0, 0.1) is 5.92 Å². The van der Waals surface area contributed by atoms with E-state index in [1.54, 1.807) is 14.2 Å². The Labute approximate surface area is 121 Å². The molecule has 0 saturated heterocycles. The number of hydrogen-bond donors (Lipinski definition) is 1. The van der Waals surface area contributed by atoms with Gasteiger partial charge < -0.3 is 14.8 Å². The van der Waals surface area contributed by atoms with Crippen molar-refractivity contribution in [3.8, 4) is 11.5 Å². The SMILES string of the molecule is COc1ccc(OC)c(C(C)NCC(C)CSC)c1. The van der Waals surface area contributed by atoms with Crippen molar-refractivity contribution >= 4 is 11.8 Å². The largest absolute Gasteiger partial charge is 0.497 e. The van der Waals surface area contributed by atoms with Gasteiger partial charge in [-0.2, -0.15) is 11.8 Å². The molecule has 0 amide bonds. The van der Waals surface area contributed by atoms with E-state index in [0.29, 0.717) is 5.92 Å². The highest BCUT2D eigenvalue weighted by Gasteiger charge is 2.13. The van der Waals surface area contributed by atoms with Gasteiger partial charge in [-0.3, -0.25) is 0 Å². The van der Waals surface area contributed by atoms with Crippen LogP contribution >= 0.6 is 11.8 Å². The Kier molecular flexibility index (Phi) is 7.10. The molecule has 1 aromatic rings. The second-order valence-electron chi connectivity index (χ2n) is 4.80. The first-order valence-corrected chi connectivity index (χ1v) is 7.96. The van der Waals surface area contributed by atoms with E-state index < -0.39 is 0 Å². The number of rotatable bonds is 8. The van der Waals surface area contributed by atoms with Crippen molar-refractivity contribution in [1.29, 1.82) is 0 Å². The second-order valence-corrected chi connectivity index (χ2v) is 5.71. The van der Waals surface area contributed by atoms with Crippen molar-refractivity contribution in [2.45, 2.75) is 19.9 Å². The van der Waals surface area contributed by atoms with E-state index in [9.17, 15) is 0 Å². The van der Waals surface area contributed by atoms with E-state index in [0.717, 1.165) is 23.6 Å². The van der Waals surface area contributed by atoms with Crippen molar-refractivity contribution in [3.63, 3.8) is 0 Å². The van der Waals surface area contributed by atoms with E-state index in [1.807, 2.05) is 30.0 Å². The summed E-state index contributed by atoms with van der Waals surface area (Å²) in [5.74, 6) is 3.60. The fourth-order valence-corrected chi connectivity index (χ4v) is 2.70. The van der Waals surface area contributed by atoms with E-state index in [2.05, 4.69) is 25.4 Å². The maximum atomic E-state index is 5.42. The lowest BCUT2D eigenvalue weighted by Crippen LogP contribution is -2.25. The van der Waals surface area contributed by atoms with Crippen LogP contribution in [-0.4, -0.2) is 32.8 Å². The first kappa shape index (κ1) is 16.2. The van der Waals surface area contributed by atoms with Gasteiger partial charge in [0.2, 0.25) is 0 Å². The molecule has 0 aromatic heterocycles. The molecule has 3 nitrogen and oxygen atoms in total. The van der Waals surface area contributed by atoms with Crippen LogP contribution in [0.3, 0.4) is 0 Å². The Balaban J connectivity index is 2.71. The van der Waals surface area contributed by atoms with Crippen molar-refractivity contribution in [2.75, 3.05) is 32.8 Å². The van der Waals surface area contributed by atoms with Gasteiger partial charge in [0.25, 0.3) is 0 Å². The lowest BCUT2D eigenvalue weighted by molar-refractivity contribution is 0.389. The molecule has 19 heavy (non-hydrogen) atoms. The second kappa shape index (κ2) is 8.33. The normalized spacial score (nSPS) is 13.9. The Morgan fingerprint density at radius 2 is 1.95 bits per heavy atom. The lowest BCUT2D eigenvalue weighted by atomic mass is 10.1. The van der Waals surface area contributed by atoms with E-state index in [-0.39, 0.29) is 6.04 Å². The molecule has 2 unspecified atom stereocenters. The van der Waals surface area contributed by atoms with Crippen LogP contribution in [0.15, 0.2) is 18.2 Å². The van der Waals surface area contributed by atoms with Gasteiger partial charge in [-0.15, -0.1) is 0 Å². The van der Waals surface area contributed by atoms with Gasteiger partial charge >= 0.3 is 0 Å². The molecule has 108 valence electrons. The summed E-state index contributed by atoms with van der Waals surface area (Å²) in [6.45, 7) is 5.42. The Morgan fingerprint density at radius 1 is 1.21 bits per heavy atom. The topological polar surface area (TPSA) is 30.5 Å². The molecular weight excluding hydrogens is 258 g/mol. The number of benzene rings is 1. The minimum Gasteiger partial charge on any atom is -0.497 e. The number of methoxy groups -OCH3 is 2. The third kappa shape index (κ3) is 4.96. The van der Waals surface area contributed by atoms with Crippen molar-refractivity contribution in [3.05, 3.63) is 23.8 Å². The molecule has 0 radical (unpaired) electrons. The van der Waals surface area contributed by atoms with Crippen molar-refractivity contribution in [2.24, 2.45) is 5.92 Å². The predicted molar refractivity (Wildman–Crippen MR) is 83.5 cm³/mol. The van der Waals surface area contributed by atoms with Gasteiger partial charge in [0.15, 0.2) is 0 Å². The minimum absolute atomic E-state index is 0.245. The van der Waals surface area contributed by atoms with Gasteiger partial charge in [0.05, 0.1) is 14.2 Å². The quantitative estimate of drug-likeness (QED) is 0.792. The highest BCUT2D eigenvalue weighted by atomic mass is 32.2. The molecule has 0 saturated carbocycles. The van der Waals surface area contributed by atoms with Gasteiger partial charge in [-0.25, -0.2) is 0 Å². The molecular formula is C15H25NO2S. The summed E-state index contributed by atoms with van der Waals surface area (Å²) < 4.78 is 10.7. The van der Waals surface area contributed by atoms with Gasteiger partial charge in [-0.05, 0) is 49.6 Å². The fraction of sp³-hybridized carbons (Fsp3) is 0.600. The molecule has 2 atom stereocenters. The van der Waals surface area contributed by atoms with Crippen LogP contribution in [0.25, 0.3) is 0 Å². The summed E-state index contributed by atoms with van der Waals surface area (Å²) >= 11 is 1.89. The number of ether oxygens (including phenoxy) is 2. The number of hydrogen-bond acceptors (Lipinski definition) is 4. The highest BCUT2D eigenvalue weighted by Crippen LogP contribution is 2.29. The Hall–Kier alpha value is -0.870. The standard InChI is InChI=1S/C15H25NO2S/c1-11(10-19-5)9-16-12(2)14-8-13(17-3)6-7-15(14)18-4/h6-8,11-12,16H,9-10H2,1-5H3. The van der Waals surface area contributed by atoms with Gasteiger partial charge in [-0.1, -0.05) is 6.92 Å². The molecule has 1 rings (SSSR count). The van der Waals surface area contributed by atoms with Crippen LogP contribution in [0.5, 0.6) is 11.5 Å². The molecule has 4 heteroatoms. The zero-order valence-electron chi connectivity index (χ0n) is 12.5. The van der Waals surface area contributed by atoms with Gasteiger partial charge in [0.1, 0.15) is 11.5 Å². The maximum Gasteiger partial charge on any atom is 0.123 e. The fourth-order valence-electron chi connectivity index (χ4n) is 2.01. The van der Waals surface area contributed by atoms with E-state index in [4.69, 9.17) is 9.47 Å². The van der Waals surface area contributed by atoms with Crippen molar-refractivity contribution in [1.82, 2.24) is 5.32 Å². The van der Waals surface area contributed by atoms with Crippen molar-refractivity contribution < 1.29 is 9.47 Å². The molecule has 0 aliphatic heterocycles. The molecule has 1 N–H and O–H groups in total. The minimum atomic E-state index is 0.245. The zero-order chi connectivity index (χ0) is 14.3. The third-order valence-electron chi connectivity index (χ3n) is 3.13. The highest BCUT2D eigenvalue weighted by molar-refractivity contribution is 7.98. The number of nitrogens with one attached hydrogen (secondary N) is 1. The molecule has 0 aliphatic rings. The molecule has 0 heterocycles.